The Morgan fingerprint density at radius 3 is 2.45 bits per heavy atom. The van der Waals surface area contributed by atoms with Crippen LogP contribution in [0, 0.1) is 52.8 Å². The van der Waals surface area contributed by atoms with Crippen LogP contribution in [0.25, 0.3) is 0 Å². The first-order valence-corrected chi connectivity index (χ1v) is 16.9. The van der Waals surface area contributed by atoms with Crippen LogP contribution < -0.4 is 0 Å². The Morgan fingerprint density at radius 1 is 0.905 bits per heavy atom. The van der Waals surface area contributed by atoms with Crippen molar-refractivity contribution in [1.82, 2.24) is 4.90 Å². The van der Waals surface area contributed by atoms with Crippen LogP contribution in [0.2, 0.25) is 0 Å². The van der Waals surface area contributed by atoms with Gasteiger partial charge in [0.2, 0.25) is 0 Å². The fourth-order valence-electron chi connectivity index (χ4n) is 11.8. The van der Waals surface area contributed by atoms with Gasteiger partial charge in [0.15, 0.2) is 6.29 Å². The van der Waals surface area contributed by atoms with E-state index >= 15 is 0 Å². The molecule has 3 heterocycles. The summed E-state index contributed by atoms with van der Waals surface area (Å²) in [7, 11) is 0. The summed E-state index contributed by atoms with van der Waals surface area (Å²) in [6.45, 7) is 8.49. The van der Waals surface area contributed by atoms with Crippen molar-refractivity contribution >= 4 is 5.78 Å². The summed E-state index contributed by atoms with van der Waals surface area (Å²) in [5.74, 6) is 3.79. The van der Waals surface area contributed by atoms with E-state index in [-0.39, 0.29) is 23.5 Å². The number of aliphatic hydroxyl groups is 5. The minimum absolute atomic E-state index is 0.0958. The summed E-state index contributed by atoms with van der Waals surface area (Å²) >= 11 is 0. The second kappa shape index (κ2) is 10.7. The molecule has 3 aliphatic heterocycles. The average molecular weight is 592 g/mol. The van der Waals surface area contributed by atoms with Crippen LogP contribution in [0.4, 0.5) is 0 Å². The van der Waals surface area contributed by atoms with Gasteiger partial charge < -0.3 is 35.0 Å². The first kappa shape index (κ1) is 30.0. The number of carbonyl (C=O) groups excluding carboxylic acids is 1. The molecule has 0 aromatic carbocycles. The maximum Gasteiger partial charge on any atom is 0.186 e. The molecular formula is C33H53NO8. The summed E-state index contributed by atoms with van der Waals surface area (Å²) in [5.41, 5.74) is -0.745. The number of hydrogen-bond donors (Lipinski definition) is 5. The largest absolute Gasteiger partial charge is 0.394 e. The van der Waals surface area contributed by atoms with Crippen LogP contribution in [0.5, 0.6) is 0 Å². The third kappa shape index (κ3) is 4.50. The number of ether oxygens (including phenoxy) is 2. The van der Waals surface area contributed by atoms with Crippen molar-refractivity contribution in [3.05, 3.63) is 0 Å². The minimum atomic E-state index is -1.47. The van der Waals surface area contributed by atoms with Gasteiger partial charge in [0.05, 0.1) is 18.3 Å². The molecule has 0 aromatic heterocycles. The average Bonchev–Trinajstić information content (AvgIpc) is 3.33. The molecule has 0 aromatic rings. The van der Waals surface area contributed by atoms with Gasteiger partial charge >= 0.3 is 0 Å². The fraction of sp³-hybridized carbons (Fsp3) is 0.970. The quantitative estimate of drug-likeness (QED) is 0.310. The molecule has 17 atom stereocenters. The molecule has 42 heavy (non-hydrogen) atoms. The predicted molar refractivity (Wildman–Crippen MR) is 153 cm³/mol. The van der Waals surface area contributed by atoms with Crippen LogP contribution in [-0.4, -0.2) is 104 Å². The number of aliphatic hydroxyl groups excluding tert-OH is 4. The molecule has 0 amide bonds. The van der Waals surface area contributed by atoms with E-state index in [1.807, 2.05) is 0 Å². The van der Waals surface area contributed by atoms with Crippen LogP contribution >= 0.6 is 0 Å². The molecule has 3 saturated heterocycles. The van der Waals surface area contributed by atoms with Gasteiger partial charge in [-0.3, -0.25) is 9.69 Å². The molecule has 5 N–H and O–H groups in total. The summed E-state index contributed by atoms with van der Waals surface area (Å²) in [6.07, 6.45) is 1.67. The number of nitrogens with zero attached hydrogens (tertiary/aromatic N) is 1. The molecule has 4 saturated carbocycles. The van der Waals surface area contributed by atoms with Crippen molar-refractivity contribution in [2.45, 2.75) is 127 Å². The summed E-state index contributed by atoms with van der Waals surface area (Å²) in [4.78, 5) is 16.5. The Balaban J connectivity index is 1.07. The number of carbonyl (C=O) groups is 1. The van der Waals surface area contributed by atoms with Crippen molar-refractivity contribution < 1.29 is 39.8 Å². The number of hydrogen-bond acceptors (Lipinski definition) is 9. The summed E-state index contributed by atoms with van der Waals surface area (Å²) in [6, 6.07) is 0.276. The fourth-order valence-corrected chi connectivity index (χ4v) is 11.8. The molecule has 0 radical (unpaired) electrons. The third-order valence-electron chi connectivity index (χ3n) is 14.0. The van der Waals surface area contributed by atoms with Gasteiger partial charge in [-0.1, -0.05) is 13.8 Å². The minimum Gasteiger partial charge on any atom is -0.394 e. The molecule has 0 unspecified atom stereocenters. The highest BCUT2D eigenvalue weighted by atomic mass is 16.7. The van der Waals surface area contributed by atoms with E-state index in [1.54, 1.807) is 0 Å². The van der Waals surface area contributed by atoms with Gasteiger partial charge in [-0.25, -0.2) is 0 Å². The Morgan fingerprint density at radius 2 is 1.69 bits per heavy atom. The van der Waals surface area contributed by atoms with Crippen LogP contribution in [0.15, 0.2) is 0 Å². The lowest BCUT2D eigenvalue weighted by Gasteiger charge is -2.59. The zero-order chi connectivity index (χ0) is 29.7. The van der Waals surface area contributed by atoms with E-state index in [1.165, 1.54) is 6.42 Å². The van der Waals surface area contributed by atoms with Crippen LogP contribution in [0.3, 0.4) is 0 Å². The smallest absolute Gasteiger partial charge is 0.186 e. The maximum atomic E-state index is 13.9. The second-order valence-corrected chi connectivity index (χ2v) is 16.0. The van der Waals surface area contributed by atoms with Crippen molar-refractivity contribution in [3.63, 3.8) is 0 Å². The molecular weight excluding hydrogens is 538 g/mol. The summed E-state index contributed by atoms with van der Waals surface area (Å²) in [5, 5.41) is 52.4. The van der Waals surface area contributed by atoms with E-state index < -0.39 is 42.9 Å². The SMILES string of the molecule is C[C@H]1CC[C@@H]2N(C1)C[C@@H]1[C@@H]3C[C@H]4[C@@H](CC(=O)[C@H]5C[C@H](O[C@@H]6O[C@H](CO)[C@@H](O)[C@H](O)[C@H]6O)CC[C@@]54C)[C@@H]3CC[C@H]1[C@]2(C)O. The Bertz CT molecular complexity index is 1040. The Labute approximate surface area is 249 Å². The number of piperidine rings is 2. The van der Waals surface area contributed by atoms with Gasteiger partial charge in [0.1, 0.15) is 30.2 Å². The molecule has 9 nitrogen and oxygen atoms in total. The lowest BCUT2D eigenvalue weighted by atomic mass is 9.51. The zero-order valence-corrected chi connectivity index (χ0v) is 25.6. The number of ketones is 1. The number of fused-ring (bicyclic) bond motifs is 8. The lowest BCUT2D eigenvalue weighted by molar-refractivity contribution is -0.315. The van der Waals surface area contributed by atoms with E-state index in [9.17, 15) is 30.3 Å². The molecule has 7 aliphatic rings. The van der Waals surface area contributed by atoms with Gasteiger partial charge in [-0.2, -0.15) is 0 Å². The molecule has 7 rings (SSSR count). The van der Waals surface area contributed by atoms with Gasteiger partial charge in [-0.05, 0) is 105 Å². The van der Waals surface area contributed by atoms with Crippen molar-refractivity contribution in [2.75, 3.05) is 19.7 Å². The lowest BCUT2D eigenvalue weighted by Crippen LogP contribution is -2.67. The van der Waals surface area contributed by atoms with Gasteiger partial charge in [0.25, 0.3) is 0 Å². The maximum absolute atomic E-state index is 13.9. The highest BCUT2D eigenvalue weighted by molar-refractivity contribution is 5.83. The molecule has 0 bridgehead atoms. The first-order chi connectivity index (χ1) is 19.9. The topological polar surface area (TPSA) is 140 Å². The van der Waals surface area contributed by atoms with Crippen molar-refractivity contribution in [3.8, 4) is 0 Å². The van der Waals surface area contributed by atoms with E-state index in [0.717, 1.165) is 51.6 Å². The van der Waals surface area contributed by atoms with Gasteiger partial charge in [0, 0.05) is 31.5 Å². The van der Waals surface area contributed by atoms with Crippen LogP contribution in [-0.2, 0) is 14.3 Å². The Kier molecular flexibility index (Phi) is 7.66. The molecule has 7 fully saturated rings. The number of Topliss-reactive ketones (excluding diaryl/α,β-unsaturated/α-hetero) is 1. The van der Waals surface area contributed by atoms with E-state index in [2.05, 4.69) is 25.7 Å². The highest BCUT2D eigenvalue weighted by Crippen LogP contribution is 2.66. The molecule has 238 valence electrons. The predicted octanol–water partition coefficient (Wildman–Crippen LogP) is 1.71. The van der Waals surface area contributed by atoms with Gasteiger partial charge in [-0.15, -0.1) is 0 Å². The second-order valence-electron chi connectivity index (χ2n) is 16.0. The van der Waals surface area contributed by atoms with Crippen molar-refractivity contribution in [2.24, 2.45) is 52.8 Å². The number of rotatable bonds is 3. The highest BCUT2D eigenvalue weighted by Gasteiger charge is 2.64. The van der Waals surface area contributed by atoms with Crippen LogP contribution in [0.1, 0.15) is 78.6 Å². The monoisotopic (exact) mass is 591 g/mol. The van der Waals surface area contributed by atoms with Crippen molar-refractivity contribution in [1.29, 1.82) is 0 Å². The first-order valence-electron chi connectivity index (χ1n) is 16.9. The molecule has 4 aliphatic carbocycles. The molecule has 0 spiro atoms. The van der Waals surface area contributed by atoms with E-state index in [0.29, 0.717) is 60.1 Å². The standard InChI is InChI=1S/C33H53NO8/c1-16-4-7-27-33(3,40)22-6-5-18-19(21(22)14-34(27)13-16)11-23-20(18)12-25(36)24-10-17(8-9-32(23,24)2)41-31-30(39)29(38)28(37)26(15-35)42-31/h16-24,26-31,35,37-40H,4-15H2,1-3H3/t16-,17+,18+,19+,20-,21+,22+,23-,24+,26+,27-,28+,29-,30+,31+,32+,33-/m0/s1. The normalized spacial score (nSPS) is 57.9. The van der Waals surface area contributed by atoms with E-state index in [4.69, 9.17) is 9.47 Å². The molecule has 9 heteroatoms. The zero-order valence-electron chi connectivity index (χ0n) is 25.6. The third-order valence-corrected chi connectivity index (χ3v) is 14.0. The Hall–Kier alpha value is -0.650. The summed E-state index contributed by atoms with van der Waals surface area (Å²) < 4.78 is 11.8.